The van der Waals surface area contributed by atoms with E-state index in [1.807, 2.05) is 0 Å². The van der Waals surface area contributed by atoms with Gasteiger partial charge in [-0.15, -0.1) is 0 Å². The third kappa shape index (κ3) is 4.39. The molecule has 0 aromatic heterocycles. The Morgan fingerprint density at radius 2 is 2.46 bits per heavy atom. The fraction of sp³-hybridized carbons (Fsp3) is 0.900. The van der Waals surface area contributed by atoms with Crippen LogP contribution in [0.4, 0.5) is 0 Å². The lowest BCUT2D eigenvalue weighted by atomic mass is 10.1. The quantitative estimate of drug-likeness (QED) is 0.697. The second kappa shape index (κ2) is 6.11. The maximum atomic E-state index is 11.4. The topological polar surface area (TPSA) is 38.3 Å². The van der Waals surface area contributed by atoms with E-state index in [0.29, 0.717) is 18.8 Å². The average Bonchev–Trinajstić information content (AvgIpc) is 2.16. The number of nitrogens with one attached hydrogen (secondary N) is 1. The van der Waals surface area contributed by atoms with Crippen molar-refractivity contribution in [2.45, 2.75) is 38.6 Å². The van der Waals surface area contributed by atoms with Gasteiger partial charge in [0, 0.05) is 25.4 Å². The molecule has 1 aliphatic heterocycles. The number of ketones is 1. The molecule has 1 unspecified atom stereocenters. The molecule has 0 aromatic carbocycles. The van der Waals surface area contributed by atoms with Gasteiger partial charge in [-0.05, 0) is 6.42 Å². The molecular weight excluding hydrogens is 166 g/mol. The Bertz CT molecular complexity index is 153. The van der Waals surface area contributed by atoms with E-state index < -0.39 is 0 Å². The van der Waals surface area contributed by atoms with Crippen LogP contribution < -0.4 is 5.32 Å². The predicted molar refractivity (Wildman–Crippen MR) is 51.8 cm³/mol. The van der Waals surface area contributed by atoms with Crippen molar-refractivity contribution in [2.75, 3.05) is 19.8 Å². The number of morpholine rings is 1. The van der Waals surface area contributed by atoms with Gasteiger partial charge in [-0.2, -0.15) is 0 Å². The van der Waals surface area contributed by atoms with E-state index in [0.717, 1.165) is 32.4 Å². The molecule has 1 rings (SSSR count). The summed E-state index contributed by atoms with van der Waals surface area (Å²) >= 11 is 0. The van der Waals surface area contributed by atoms with E-state index in [1.165, 1.54) is 0 Å². The molecule has 1 atom stereocenters. The van der Waals surface area contributed by atoms with E-state index >= 15 is 0 Å². The summed E-state index contributed by atoms with van der Waals surface area (Å²) in [6, 6.07) is 0.262. The lowest BCUT2D eigenvalue weighted by Gasteiger charge is -2.23. The van der Waals surface area contributed by atoms with Crippen LogP contribution in [0.5, 0.6) is 0 Å². The zero-order valence-electron chi connectivity index (χ0n) is 8.34. The molecule has 3 heteroatoms. The van der Waals surface area contributed by atoms with Gasteiger partial charge in [0.2, 0.25) is 0 Å². The first-order chi connectivity index (χ1) is 6.33. The maximum absolute atomic E-state index is 11.4. The van der Waals surface area contributed by atoms with E-state index in [-0.39, 0.29) is 6.04 Å². The van der Waals surface area contributed by atoms with Crippen molar-refractivity contribution in [1.82, 2.24) is 5.32 Å². The maximum Gasteiger partial charge on any atom is 0.134 e. The predicted octanol–water partition coefficient (Wildman–Crippen LogP) is 1.12. The van der Waals surface area contributed by atoms with E-state index in [4.69, 9.17) is 4.74 Å². The second-order valence-electron chi connectivity index (χ2n) is 3.57. The van der Waals surface area contributed by atoms with Crippen LogP contribution in [-0.2, 0) is 9.53 Å². The molecule has 1 fully saturated rings. The number of unbranched alkanes of at least 4 members (excludes halogenated alkanes) is 1. The number of carbonyl (C=O) groups is 1. The molecule has 0 saturated carbocycles. The molecule has 0 radical (unpaired) electrons. The Morgan fingerprint density at radius 3 is 3.08 bits per heavy atom. The normalized spacial score (nSPS) is 23.0. The fourth-order valence-electron chi connectivity index (χ4n) is 1.50. The van der Waals surface area contributed by atoms with Crippen molar-refractivity contribution < 1.29 is 9.53 Å². The van der Waals surface area contributed by atoms with Gasteiger partial charge in [0.25, 0.3) is 0 Å². The van der Waals surface area contributed by atoms with Gasteiger partial charge < -0.3 is 10.1 Å². The third-order valence-corrected chi connectivity index (χ3v) is 2.28. The summed E-state index contributed by atoms with van der Waals surface area (Å²) in [7, 11) is 0. The van der Waals surface area contributed by atoms with Gasteiger partial charge in [0.15, 0.2) is 0 Å². The van der Waals surface area contributed by atoms with Gasteiger partial charge in [0.1, 0.15) is 5.78 Å². The Morgan fingerprint density at radius 1 is 1.62 bits per heavy atom. The first-order valence-corrected chi connectivity index (χ1v) is 5.15. The molecule has 3 nitrogen and oxygen atoms in total. The molecule has 1 aliphatic rings. The summed E-state index contributed by atoms with van der Waals surface area (Å²) in [6.07, 6.45) is 3.49. The number of rotatable bonds is 5. The number of ether oxygens (including phenoxy) is 1. The van der Waals surface area contributed by atoms with E-state index in [9.17, 15) is 4.79 Å². The Balaban J connectivity index is 2.11. The highest BCUT2D eigenvalue weighted by atomic mass is 16.5. The van der Waals surface area contributed by atoms with Crippen molar-refractivity contribution in [2.24, 2.45) is 0 Å². The van der Waals surface area contributed by atoms with Crippen molar-refractivity contribution >= 4 is 5.78 Å². The van der Waals surface area contributed by atoms with Crippen molar-refractivity contribution in [3.63, 3.8) is 0 Å². The van der Waals surface area contributed by atoms with Crippen LogP contribution in [0.15, 0.2) is 0 Å². The number of carbonyl (C=O) groups excluding carboxylic acids is 1. The van der Waals surface area contributed by atoms with Gasteiger partial charge in [0.05, 0.1) is 13.2 Å². The number of Topliss-reactive ketones (excluding diaryl/α,β-unsaturated/α-hetero) is 1. The zero-order chi connectivity index (χ0) is 9.52. The van der Waals surface area contributed by atoms with E-state index in [1.54, 1.807) is 0 Å². The molecular formula is C10H19NO2. The zero-order valence-corrected chi connectivity index (χ0v) is 8.34. The molecule has 0 amide bonds. The second-order valence-corrected chi connectivity index (χ2v) is 3.57. The average molecular weight is 185 g/mol. The van der Waals surface area contributed by atoms with Crippen LogP contribution in [0.2, 0.25) is 0 Å². The van der Waals surface area contributed by atoms with Crippen LogP contribution in [0.25, 0.3) is 0 Å². The smallest absolute Gasteiger partial charge is 0.134 e. The van der Waals surface area contributed by atoms with Gasteiger partial charge in [-0.1, -0.05) is 13.3 Å². The molecule has 1 saturated heterocycles. The molecule has 0 aliphatic carbocycles. The molecule has 13 heavy (non-hydrogen) atoms. The Hall–Kier alpha value is -0.410. The largest absolute Gasteiger partial charge is 0.379 e. The molecule has 0 spiro atoms. The first-order valence-electron chi connectivity index (χ1n) is 5.15. The lowest BCUT2D eigenvalue weighted by molar-refractivity contribution is -0.120. The summed E-state index contributed by atoms with van der Waals surface area (Å²) in [5.41, 5.74) is 0. The minimum absolute atomic E-state index is 0.262. The minimum atomic E-state index is 0.262. The fourth-order valence-corrected chi connectivity index (χ4v) is 1.50. The van der Waals surface area contributed by atoms with Gasteiger partial charge >= 0.3 is 0 Å². The molecule has 76 valence electrons. The Labute approximate surface area is 79.8 Å². The number of hydrogen-bond donors (Lipinski definition) is 1. The molecule has 0 bridgehead atoms. The first kappa shape index (κ1) is 10.7. The number of hydrogen-bond acceptors (Lipinski definition) is 3. The van der Waals surface area contributed by atoms with Gasteiger partial charge in [-0.25, -0.2) is 0 Å². The van der Waals surface area contributed by atoms with Crippen molar-refractivity contribution in [3.8, 4) is 0 Å². The summed E-state index contributed by atoms with van der Waals surface area (Å²) in [5.74, 6) is 0.366. The van der Waals surface area contributed by atoms with Crippen LogP contribution in [0.1, 0.15) is 32.6 Å². The standard InChI is InChI=1S/C10H19NO2/c1-2-3-4-10(12)7-9-8-13-6-5-11-9/h9,11H,2-8H2,1H3. The summed E-state index contributed by atoms with van der Waals surface area (Å²) < 4.78 is 5.27. The van der Waals surface area contributed by atoms with Crippen molar-refractivity contribution in [1.29, 1.82) is 0 Å². The van der Waals surface area contributed by atoms with Gasteiger partial charge in [-0.3, -0.25) is 4.79 Å². The highest BCUT2D eigenvalue weighted by molar-refractivity contribution is 5.78. The summed E-state index contributed by atoms with van der Waals surface area (Å²) in [5, 5.41) is 3.28. The van der Waals surface area contributed by atoms with Crippen LogP contribution >= 0.6 is 0 Å². The third-order valence-electron chi connectivity index (χ3n) is 2.28. The molecule has 0 aromatic rings. The highest BCUT2D eigenvalue weighted by Gasteiger charge is 2.15. The highest BCUT2D eigenvalue weighted by Crippen LogP contribution is 2.04. The van der Waals surface area contributed by atoms with Crippen LogP contribution in [0, 0.1) is 0 Å². The summed E-state index contributed by atoms with van der Waals surface area (Å²) in [4.78, 5) is 11.4. The monoisotopic (exact) mass is 185 g/mol. The molecule has 1 heterocycles. The summed E-state index contributed by atoms with van der Waals surface area (Å²) in [6.45, 7) is 4.46. The van der Waals surface area contributed by atoms with Crippen LogP contribution in [-0.4, -0.2) is 31.6 Å². The van der Waals surface area contributed by atoms with Crippen LogP contribution in [0.3, 0.4) is 0 Å². The molecule has 1 N–H and O–H groups in total. The lowest BCUT2D eigenvalue weighted by Crippen LogP contribution is -2.42. The SMILES string of the molecule is CCCCC(=O)CC1COCCN1. The minimum Gasteiger partial charge on any atom is -0.379 e. The van der Waals surface area contributed by atoms with E-state index in [2.05, 4.69) is 12.2 Å². The van der Waals surface area contributed by atoms with Crippen molar-refractivity contribution in [3.05, 3.63) is 0 Å². The Kier molecular flexibility index (Phi) is 5.01.